The van der Waals surface area contributed by atoms with Crippen LogP contribution in [0.5, 0.6) is 0 Å². The Bertz CT molecular complexity index is 363. The van der Waals surface area contributed by atoms with Gasteiger partial charge in [-0.1, -0.05) is 18.2 Å². The maximum Gasteiger partial charge on any atom is 0.0433 e. The molecule has 2 aliphatic rings. The maximum atomic E-state index is 3.46. The van der Waals surface area contributed by atoms with Crippen LogP contribution in [0, 0.1) is 0 Å². The fourth-order valence-electron chi connectivity index (χ4n) is 2.68. The molecule has 1 saturated carbocycles. The van der Waals surface area contributed by atoms with Gasteiger partial charge < -0.3 is 5.32 Å². The highest BCUT2D eigenvalue weighted by Gasteiger charge is 2.42. The Hall–Kier alpha value is -0.820. The lowest BCUT2D eigenvalue weighted by Gasteiger charge is -2.15. The molecule has 0 aliphatic heterocycles. The molecule has 0 bridgehead atoms. The van der Waals surface area contributed by atoms with Crippen LogP contribution in [0.15, 0.2) is 18.2 Å². The van der Waals surface area contributed by atoms with Gasteiger partial charge in [0.25, 0.3) is 0 Å². The monoisotopic (exact) mass is 187 g/mol. The highest BCUT2D eigenvalue weighted by Crippen LogP contribution is 2.45. The third-order valence-corrected chi connectivity index (χ3v) is 3.88. The van der Waals surface area contributed by atoms with E-state index < -0.39 is 0 Å². The minimum Gasteiger partial charge on any atom is -0.310 e. The Morgan fingerprint density at radius 3 is 2.64 bits per heavy atom. The molecule has 14 heavy (non-hydrogen) atoms. The van der Waals surface area contributed by atoms with Gasteiger partial charge in [0.2, 0.25) is 0 Å². The van der Waals surface area contributed by atoms with Crippen LogP contribution < -0.4 is 5.32 Å². The first-order valence-electron chi connectivity index (χ1n) is 5.65. The van der Waals surface area contributed by atoms with Gasteiger partial charge in [0.1, 0.15) is 0 Å². The van der Waals surface area contributed by atoms with Crippen molar-refractivity contribution < 1.29 is 0 Å². The largest absolute Gasteiger partial charge is 0.310 e. The highest BCUT2D eigenvalue weighted by atomic mass is 15.0. The molecule has 2 aliphatic carbocycles. The lowest BCUT2D eigenvalue weighted by atomic mass is 10.00. The van der Waals surface area contributed by atoms with Crippen LogP contribution in [0.4, 0.5) is 0 Å². The summed E-state index contributed by atoms with van der Waals surface area (Å²) in [6, 6.07) is 7.11. The second kappa shape index (κ2) is 2.83. The fraction of sp³-hybridized carbons (Fsp3) is 0.538. The van der Waals surface area contributed by atoms with Gasteiger partial charge >= 0.3 is 0 Å². The second-order valence-corrected chi connectivity index (χ2v) is 4.67. The predicted octanol–water partition coefficient (Wildman–Crippen LogP) is 2.38. The van der Waals surface area contributed by atoms with Crippen LogP contribution in [0.1, 0.15) is 36.0 Å². The molecule has 1 N–H and O–H groups in total. The Balaban J connectivity index is 2.00. The highest BCUT2D eigenvalue weighted by molar-refractivity contribution is 5.40. The summed E-state index contributed by atoms with van der Waals surface area (Å²) < 4.78 is 0. The van der Waals surface area contributed by atoms with Crippen LogP contribution in [0.25, 0.3) is 0 Å². The number of nitrogens with one attached hydrogen (secondary N) is 1. The smallest absolute Gasteiger partial charge is 0.0433 e. The zero-order valence-electron chi connectivity index (χ0n) is 8.77. The predicted molar refractivity (Wildman–Crippen MR) is 58.4 cm³/mol. The van der Waals surface area contributed by atoms with E-state index in [0.29, 0.717) is 5.54 Å². The van der Waals surface area contributed by atoms with E-state index in [0.717, 1.165) is 0 Å². The third-order valence-electron chi connectivity index (χ3n) is 3.88. The van der Waals surface area contributed by atoms with E-state index >= 15 is 0 Å². The van der Waals surface area contributed by atoms with Gasteiger partial charge in [0.05, 0.1) is 0 Å². The zero-order valence-corrected chi connectivity index (χ0v) is 8.77. The quantitative estimate of drug-likeness (QED) is 0.749. The third kappa shape index (κ3) is 1.12. The molecule has 1 aromatic carbocycles. The lowest BCUT2D eigenvalue weighted by Crippen LogP contribution is -2.24. The average molecular weight is 187 g/mol. The maximum absolute atomic E-state index is 3.46. The molecule has 3 rings (SSSR count). The molecule has 0 amide bonds. The normalized spacial score (nSPS) is 22.1. The number of benzene rings is 1. The summed E-state index contributed by atoms with van der Waals surface area (Å²) in [4.78, 5) is 0. The van der Waals surface area contributed by atoms with E-state index in [1.807, 2.05) is 0 Å². The Morgan fingerprint density at radius 2 is 1.93 bits per heavy atom. The first-order valence-corrected chi connectivity index (χ1v) is 5.65. The Labute approximate surface area is 85.5 Å². The van der Waals surface area contributed by atoms with Crippen molar-refractivity contribution in [1.82, 2.24) is 5.32 Å². The van der Waals surface area contributed by atoms with E-state index in [-0.39, 0.29) is 0 Å². The van der Waals surface area contributed by atoms with E-state index in [2.05, 4.69) is 30.6 Å². The molecule has 0 atom stereocenters. The molecular weight excluding hydrogens is 170 g/mol. The van der Waals surface area contributed by atoms with Crippen molar-refractivity contribution >= 4 is 0 Å². The van der Waals surface area contributed by atoms with Gasteiger partial charge in [-0.15, -0.1) is 0 Å². The summed E-state index contributed by atoms with van der Waals surface area (Å²) in [5.74, 6) is 0. The summed E-state index contributed by atoms with van der Waals surface area (Å²) in [5.41, 5.74) is 5.04. The van der Waals surface area contributed by atoms with Crippen LogP contribution in [0.2, 0.25) is 0 Å². The average Bonchev–Trinajstić information content (AvgIpc) is 2.89. The summed E-state index contributed by atoms with van der Waals surface area (Å²) in [6.45, 7) is 0. The number of hydrogen-bond donors (Lipinski definition) is 1. The van der Waals surface area contributed by atoms with Crippen LogP contribution in [0.3, 0.4) is 0 Å². The minimum absolute atomic E-state index is 0.345. The Morgan fingerprint density at radius 1 is 1.14 bits per heavy atom. The van der Waals surface area contributed by atoms with Crippen molar-refractivity contribution in [3.05, 3.63) is 34.9 Å². The SMILES string of the molecule is CNC1(c2ccc3c(c2)CCC3)CC1. The fourth-order valence-corrected chi connectivity index (χ4v) is 2.68. The molecule has 0 unspecified atom stereocenters. The molecule has 0 aromatic heterocycles. The van der Waals surface area contributed by atoms with Crippen molar-refractivity contribution in [1.29, 1.82) is 0 Å². The standard InChI is InChI=1S/C13H17N/c1-14-13(7-8-13)12-6-5-10-3-2-4-11(10)9-12/h5-6,9,14H,2-4,7-8H2,1H3. The molecule has 1 nitrogen and oxygen atoms in total. The van der Waals surface area contributed by atoms with Gasteiger partial charge in [0.15, 0.2) is 0 Å². The molecule has 1 fully saturated rings. The Kier molecular flexibility index (Phi) is 1.72. The molecule has 0 radical (unpaired) electrons. The van der Waals surface area contributed by atoms with Crippen molar-refractivity contribution in [2.24, 2.45) is 0 Å². The van der Waals surface area contributed by atoms with Gasteiger partial charge in [-0.2, -0.15) is 0 Å². The molecule has 0 heterocycles. The first kappa shape index (κ1) is 8.49. The molecule has 74 valence electrons. The number of aryl methyl sites for hydroxylation is 2. The lowest BCUT2D eigenvalue weighted by molar-refractivity contribution is 0.585. The van der Waals surface area contributed by atoms with Crippen molar-refractivity contribution in [3.63, 3.8) is 0 Å². The molecule has 0 saturated heterocycles. The molecule has 0 spiro atoms. The summed E-state index contributed by atoms with van der Waals surface area (Å²) >= 11 is 0. The van der Waals surface area contributed by atoms with Crippen LogP contribution in [-0.4, -0.2) is 7.05 Å². The molecule has 1 aromatic rings. The number of rotatable bonds is 2. The summed E-state index contributed by atoms with van der Waals surface area (Å²) in [7, 11) is 2.08. The van der Waals surface area contributed by atoms with Gasteiger partial charge in [-0.05, 0) is 55.8 Å². The van der Waals surface area contributed by atoms with Crippen molar-refractivity contribution in [3.8, 4) is 0 Å². The number of fused-ring (bicyclic) bond motifs is 1. The van der Waals surface area contributed by atoms with Gasteiger partial charge in [-0.25, -0.2) is 0 Å². The van der Waals surface area contributed by atoms with E-state index in [4.69, 9.17) is 0 Å². The topological polar surface area (TPSA) is 12.0 Å². The molecular formula is C13H17N. The van der Waals surface area contributed by atoms with E-state index in [1.165, 1.54) is 37.7 Å². The van der Waals surface area contributed by atoms with Gasteiger partial charge in [0, 0.05) is 5.54 Å². The number of hydrogen-bond acceptors (Lipinski definition) is 1. The van der Waals surface area contributed by atoms with Crippen molar-refractivity contribution in [2.75, 3.05) is 7.05 Å². The van der Waals surface area contributed by atoms with Crippen LogP contribution >= 0.6 is 0 Å². The summed E-state index contributed by atoms with van der Waals surface area (Å²) in [6.07, 6.45) is 6.56. The second-order valence-electron chi connectivity index (χ2n) is 4.67. The van der Waals surface area contributed by atoms with E-state index in [1.54, 1.807) is 11.1 Å². The first-order chi connectivity index (χ1) is 6.84. The van der Waals surface area contributed by atoms with Crippen molar-refractivity contribution in [2.45, 2.75) is 37.6 Å². The summed E-state index contributed by atoms with van der Waals surface area (Å²) in [5, 5.41) is 3.46. The van der Waals surface area contributed by atoms with E-state index in [9.17, 15) is 0 Å². The molecule has 1 heteroatoms. The van der Waals surface area contributed by atoms with Crippen LogP contribution in [-0.2, 0) is 18.4 Å². The van der Waals surface area contributed by atoms with Gasteiger partial charge in [-0.3, -0.25) is 0 Å². The zero-order chi connectivity index (χ0) is 9.60. The minimum atomic E-state index is 0.345.